The van der Waals surface area contributed by atoms with Crippen molar-refractivity contribution < 1.29 is 38.7 Å². The summed E-state index contributed by atoms with van der Waals surface area (Å²) < 4.78 is 22.2. The Morgan fingerprint density at radius 1 is 0.956 bits per heavy atom. The van der Waals surface area contributed by atoms with Crippen LogP contribution >= 0.6 is 0 Å². The van der Waals surface area contributed by atoms with Gasteiger partial charge in [0.25, 0.3) is 0 Å². The zero-order valence-electron chi connectivity index (χ0n) is 27.1. The van der Waals surface area contributed by atoms with Crippen LogP contribution in [0.2, 0.25) is 0 Å². The molecule has 1 aliphatic rings. The predicted molar refractivity (Wildman–Crippen MR) is 175 cm³/mol. The second-order valence-corrected chi connectivity index (χ2v) is 11.7. The molecular formula is C37H50O8. The number of aliphatic hydroxyl groups is 2. The van der Waals surface area contributed by atoms with Crippen molar-refractivity contribution in [3.63, 3.8) is 0 Å². The number of ether oxygens (including phenoxy) is 4. The normalized spacial score (nSPS) is 17.1. The summed E-state index contributed by atoms with van der Waals surface area (Å²) in [5.41, 5.74) is 4.64. The van der Waals surface area contributed by atoms with Gasteiger partial charge in [-0.3, -0.25) is 4.79 Å². The van der Waals surface area contributed by atoms with Gasteiger partial charge in [0.05, 0.1) is 24.7 Å². The van der Waals surface area contributed by atoms with E-state index in [0.717, 1.165) is 23.5 Å². The van der Waals surface area contributed by atoms with Crippen LogP contribution in [0.4, 0.5) is 0 Å². The zero-order chi connectivity index (χ0) is 32.6. The van der Waals surface area contributed by atoms with E-state index >= 15 is 0 Å². The molecule has 1 unspecified atom stereocenters. The number of esters is 2. The molecule has 0 aliphatic heterocycles. The maximum Gasteiger partial charge on any atom is 0.335 e. The lowest BCUT2D eigenvalue weighted by Gasteiger charge is -2.29. The van der Waals surface area contributed by atoms with Crippen LogP contribution in [0.1, 0.15) is 76.3 Å². The van der Waals surface area contributed by atoms with Crippen molar-refractivity contribution >= 4 is 11.9 Å². The summed E-state index contributed by atoms with van der Waals surface area (Å²) in [6.07, 6.45) is 12.7. The fraction of sp³-hybridized carbons (Fsp3) is 0.514. The summed E-state index contributed by atoms with van der Waals surface area (Å²) in [5, 5.41) is 18.2. The SMILES string of the molecule is C=C(CO)C(=O)OCCOc1cc(OCCOC(=O)C(C)CO)cc(-c2ccc(C3CCC(CC/C=C/C)CC3)cc2CC)c1. The van der Waals surface area contributed by atoms with Gasteiger partial charge in [0, 0.05) is 6.07 Å². The number of carbonyl (C=O) groups is 2. The van der Waals surface area contributed by atoms with Gasteiger partial charge >= 0.3 is 11.9 Å². The standard InChI is InChI=1S/C37H50O8/c1-5-7-8-9-28-10-12-30(13-11-28)31-14-15-35(29(6-2)20-31)32-21-33(42-16-18-44-36(40)26(3)24-38)23-34(22-32)43-17-19-45-37(41)27(4)25-39/h5,7,14-15,20-23,27-28,30,38-39H,3,6,8-13,16-19,24-25H2,1-2,4H3/b7-5+. The number of carbonyl (C=O) groups excluding carboxylic acids is 2. The van der Waals surface area contributed by atoms with Crippen LogP contribution in [0, 0.1) is 11.8 Å². The minimum atomic E-state index is -0.668. The third-order valence-corrected chi connectivity index (χ3v) is 8.33. The molecule has 0 heterocycles. The zero-order valence-corrected chi connectivity index (χ0v) is 27.1. The first kappa shape index (κ1) is 35.9. The Bertz CT molecular complexity index is 1280. The molecule has 2 aromatic carbocycles. The lowest BCUT2D eigenvalue weighted by atomic mass is 9.76. The van der Waals surface area contributed by atoms with E-state index in [1.54, 1.807) is 13.0 Å². The van der Waals surface area contributed by atoms with Crippen LogP contribution in [0.25, 0.3) is 11.1 Å². The van der Waals surface area contributed by atoms with Crippen molar-refractivity contribution in [1.82, 2.24) is 0 Å². The summed E-state index contributed by atoms with van der Waals surface area (Å²) >= 11 is 0. The summed E-state index contributed by atoms with van der Waals surface area (Å²) in [7, 11) is 0. The van der Waals surface area contributed by atoms with Gasteiger partial charge in [0.1, 0.15) is 37.9 Å². The van der Waals surface area contributed by atoms with Crippen molar-refractivity contribution in [2.75, 3.05) is 39.6 Å². The molecular weight excluding hydrogens is 572 g/mol. The Balaban J connectivity index is 1.75. The summed E-state index contributed by atoms with van der Waals surface area (Å²) in [6, 6.07) is 12.4. The molecule has 1 saturated carbocycles. The van der Waals surface area contributed by atoms with Gasteiger partial charge in [-0.25, -0.2) is 4.79 Å². The smallest absolute Gasteiger partial charge is 0.335 e. The molecule has 3 rings (SSSR count). The van der Waals surface area contributed by atoms with E-state index in [-0.39, 0.29) is 38.6 Å². The molecule has 8 heteroatoms. The maximum atomic E-state index is 11.9. The molecule has 2 aromatic rings. The number of aryl methyl sites for hydroxylation is 1. The third-order valence-electron chi connectivity index (χ3n) is 8.33. The second kappa shape index (κ2) is 19.0. The van der Waals surface area contributed by atoms with E-state index in [2.05, 4.69) is 50.8 Å². The van der Waals surface area contributed by atoms with Gasteiger partial charge in [-0.1, -0.05) is 43.9 Å². The van der Waals surface area contributed by atoms with Gasteiger partial charge in [0.15, 0.2) is 0 Å². The quantitative estimate of drug-likeness (QED) is 0.0832. The van der Waals surface area contributed by atoms with Crippen LogP contribution in [-0.4, -0.2) is 61.8 Å². The predicted octanol–water partition coefficient (Wildman–Crippen LogP) is 6.57. The Labute approximate surface area is 268 Å². The first-order valence-corrected chi connectivity index (χ1v) is 16.2. The molecule has 246 valence electrons. The van der Waals surface area contributed by atoms with Gasteiger partial charge in [-0.05, 0) is 105 Å². The van der Waals surface area contributed by atoms with E-state index < -0.39 is 24.5 Å². The van der Waals surface area contributed by atoms with Crippen molar-refractivity contribution in [1.29, 1.82) is 0 Å². The summed E-state index contributed by atoms with van der Waals surface area (Å²) in [5.74, 6) is 0.741. The van der Waals surface area contributed by atoms with Gasteiger partial charge < -0.3 is 29.2 Å². The highest BCUT2D eigenvalue weighted by Crippen LogP contribution is 2.40. The highest BCUT2D eigenvalue weighted by molar-refractivity contribution is 5.87. The minimum absolute atomic E-state index is 0.0102. The Morgan fingerprint density at radius 2 is 1.62 bits per heavy atom. The third kappa shape index (κ3) is 11.4. The lowest BCUT2D eigenvalue weighted by Crippen LogP contribution is -2.20. The van der Waals surface area contributed by atoms with E-state index in [4.69, 9.17) is 29.2 Å². The molecule has 0 bridgehead atoms. The second-order valence-electron chi connectivity index (χ2n) is 11.7. The first-order chi connectivity index (χ1) is 21.8. The fourth-order valence-corrected chi connectivity index (χ4v) is 5.60. The molecule has 0 radical (unpaired) electrons. The number of hydrogen-bond donors (Lipinski definition) is 2. The maximum absolute atomic E-state index is 11.9. The number of allylic oxidation sites excluding steroid dienone is 2. The van der Waals surface area contributed by atoms with E-state index in [1.165, 1.54) is 49.7 Å². The van der Waals surface area contributed by atoms with Crippen LogP contribution in [-0.2, 0) is 25.5 Å². The molecule has 0 aromatic heterocycles. The van der Waals surface area contributed by atoms with Crippen LogP contribution in [0.3, 0.4) is 0 Å². The number of hydrogen-bond acceptors (Lipinski definition) is 8. The molecule has 0 saturated heterocycles. The van der Waals surface area contributed by atoms with E-state index in [0.29, 0.717) is 17.4 Å². The molecule has 45 heavy (non-hydrogen) atoms. The van der Waals surface area contributed by atoms with Gasteiger partial charge in [0.2, 0.25) is 0 Å². The van der Waals surface area contributed by atoms with Crippen LogP contribution < -0.4 is 9.47 Å². The summed E-state index contributed by atoms with van der Waals surface area (Å²) in [6.45, 7) is 8.83. The van der Waals surface area contributed by atoms with Crippen molar-refractivity contribution in [3.05, 3.63) is 71.8 Å². The van der Waals surface area contributed by atoms with E-state index in [1.807, 2.05) is 12.1 Å². The monoisotopic (exact) mass is 622 g/mol. The number of benzene rings is 2. The Kier molecular flexibility index (Phi) is 15.2. The Morgan fingerprint density at radius 3 is 2.22 bits per heavy atom. The lowest BCUT2D eigenvalue weighted by molar-refractivity contribution is -0.149. The van der Waals surface area contributed by atoms with Crippen LogP contribution in [0.5, 0.6) is 11.5 Å². The van der Waals surface area contributed by atoms with Crippen molar-refractivity contribution in [2.45, 2.75) is 71.6 Å². The highest BCUT2D eigenvalue weighted by atomic mass is 16.6. The first-order valence-electron chi connectivity index (χ1n) is 16.2. The van der Waals surface area contributed by atoms with Crippen LogP contribution in [0.15, 0.2) is 60.7 Å². The highest BCUT2D eigenvalue weighted by Gasteiger charge is 2.23. The molecule has 1 atom stereocenters. The molecule has 8 nitrogen and oxygen atoms in total. The van der Waals surface area contributed by atoms with E-state index in [9.17, 15) is 9.59 Å². The number of aliphatic hydroxyl groups excluding tert-OH is 2. The molecule has 1 aliphatic carbocycles. The van der Waals surface area contributed by atoms with Crippen molar-refractivity contribution in [2.24, 2.45) is 11.8 Å². The fourth-order valence-electron chi connectivity index (χ4n) is 5.60. The minimum Gasteiger partial charge on any atom is -0.490 e. The average molecular weight is 623 g/mol. The largest absolute Gasteiger partial charge is 0.490 e. The summed E-state index contributed by atoms with van der Waals surface area (Å²) in [4.78, 5) is 23.7. The molecule has 0 amide bonds. The Hall–Kier alpha value is -3.62. The van der Waals surface area contributed by atoms with Gasteiger partial charge in [-0.15, -0.1) is 0 Å². The average Bonchev–Trinajstić information content (AvgIpc) is 3.07. The molecule has 2 N–H and O–H groups in total. The van der Waals surface area contributed by atoms with Crippen molar-refractivity contribution in [3.8, 4) is 22.6 Å². The van der Waals surface area contributed by atoms with Gasteiger partial charge in [-0.2, -0.15) is 0 Å². The molecule has 0 spiro atoms. The number of rotatable bonds is 18. The topological polar surface area (TPSA) is 112 Å². The molecule has 1 fully saturated rings.